The molecule has 0 aliphatic carbocycles. The van der Waals surface area contributed by atoms with Crippen molar-refractivity contribution in [3.63, 3.8) is 0 Å². The van der Waals surface area contributed by atoms with Gasteiger partial charge in [-0.05, 0) is 58.6 Å². The number of thiophene rings is 1. The third-order valence-electron chi connectivity index (χ3n) is 4.69. The molecule has 0 atom stereocenters. The summed E-state index contributed by atoms with van der Waals surface area (Å²) in [5, 5.41) is 10.4. The van der Waals surface area contributed by atoms with E-state index < -0.39 is 15.8 Å². The molecule has 0 radical (unpaired) electrons. The van der Waals surface area contributed by atoms with Crippen LogP contribution >= 0.6 is 11.3 Å². The second kappa shape index (κ2) is 8.14. The Morgan fingerprint density at radius 3 is 2.55 bits per heavy atom. The Bertz CT molecular complexity index is 1120. The lowest BCUT2D eigenvalue weighted by Gasteiger charge is -2.21. The van der Waals surface area contributed by atoms with Crippen molar-refractivity contribution in [2.24, 2.45) is 0 Å². The minimum absolute atomic E-state index is 0.0717. The summed E-state index contributed by atoms with van der Waals surface area (Å²) in [6.07, 6.45) is 0.605. The lowest BCUT2D eigenvalue weighted by molar-refractivity contribution is 0.212. The smallest absolute Gasteiger partial charge is 0.283 e. The summed E-state index contributed by atoms with van der Waals surface area (Å²) in [7, 11) is -3.69. The highest BCUT2D eigenvalue weighted by molar-refractivity contribution is 7.89. The Hall–Kier alpha value is -2.41. The molecular weight excluding hydrogens is 419 g/mol. The molecule has 12 heteroatoms. The Balaban J connectivity index is 1.44. The molecule has 29 heavy (non-hydrogen) atoms. The van der Waals surface area contributed by atoms with Crippen LogP contribution in [0.1, 0.15) is 6.42 Å². The first kappa shape index (κ1) is 19.9. The van der Waals surface area contributed by atoms with Crippen molar-refractivity contribution in [1.82, 2.24) is 29.0 Å². The number of aromatic nitrogens is 4. The maximum atomic E-state index is 13.1. The Morgan fingerprint density at radius 2 is 1.83 bits per heavy atom. The highest BCUT2D eigenvalue weighted by Crippen LogP contribution is 2.18. The van der Waals surface area contributed by atoms with Gasteiger partial charge in [0.1, 0.15) is 17.5 Å². The SMILES string of the molecule is O=c1n(CN2CCCN(S(=O)(=O)c3ccc(F)cc3)CC2)nnn1-c1cccs1. The van der Waals surface area contributed by atoms with Gasteiger partial charge < -0.3 is 0 Å². The van der Waals surface area contributed by atoms with E-state index in [1.807, 2.05) is 16.3 Å². The predicted molar refractivity (Wildman–Crippen MR) is 105 cm³/mol. The zero-order chi connectivity index (χ0) is 20.4. The monoisotopic (exact) mass is 438 g/mol. The van der Waals surface area contributed by atoms with Crippen molar-refractivity contribution in [1.29, 1.82) is 0 Å². The third kappa shape index (κ3) is 4.15. The molecule has 2 aromatic heterocycles. The third-order valence-corrected chi connectivity index (χ3v) is 7.44. The minimum atomic E-state index is -3.69. The van der Waals surface area contributed by atoms with Gasteiger partial charge in [-0.2, -0.15) is 13.7 Å². The number of halogens is 1. The van der Waals surface area contributed by atoms with E-state index in [0.29, 0.717) is 31.1 Å². The number of hydrogen-bond donors (Lipinski definition) is 0. The molecule has 1 aliphatic heterocycles. The van der Waals surface area contributed by atoms with Crippen LogP contribution in [0.4, 0.5) is 4.39 Å². The van der Waals surface area contributed by atoms with Gasteiger partial charge in [-0.1, -0.05) is 0 Å². The zero-order valence-electron chi connectivity index (χ0n) is 15.4. The molecule has 0 unspecified atom stereocenters. The summed E-state index contributed by atoms with van der Waals surface area (Å²) in [6.45, 7) is 1.92. The average Bonchev–Trinajstić information content (AvgIpc) is 3.27. The number of tetrazole rings is 1. The van der Waals surface area contributed by atoms with Crippen molar-refractivity contribution in [2.45, 2.75) is 18.0 Å². The van der Waals surface area contributed by atoms with Crippen molar-refractivity contribution < 1.29 is 12.8 Å². The zero-order valence-corrected chi connectivity index (χ0v) is 17.0. The molecule has 1 aliphatic rings. The molecule has 1 saturated heterocycles. The van der Waals surface area contributed by atoms with Crippen LogP contribution in [0.5, 0.6) is 0 Å². The van der Waals surface area contributed by atoms with Crippen LogP contribution in [0.2, 0.25) is 0 Å². The number of rotatable bonds is 5. The Labute approximate surface area is 170 Å². The molecule has 9 nitrogen and oxygen atoms in total. The van der Waals surface area contributed by atoms with Gasteiger partial charge in [-0.25, -0.2) is 17.6 Å². The molecule has 0 N–H and O–H groups in total. The lowest BCUT2D eigenvalue weighted by atomic mass is 10.4. The van der Waals surface area contributed by atoms with E-state index in [4.69, 9.17) is 0 Å². The van der Waals surface area contributed by atoms with E-state index in [1.165, 1.54) is 37.1 Å². The highest BCUT2D eigenvalue weighted by atomic mass is 32.2. The predicted octanol–water partition coefficient (Wildman–Crippen LogP) is 0.984. The van der Waals surface area contributed by atoms with E-state index >= 15 is 0 Å². The van der Waals surface area contributed by atoms with Crippen LogP contribution in [0, 0.1) is 5.82 Å². The van der Waals surface area contributed by atoms with E-state index in [2.05, 4.69) is 10.4 Å². The summed E-state index contributed by atoms with van der Waals surface area (Å²) in [5.41, 5.74) is -0.340. The Morgan fingerprint density at radius 1 is 1.03 bits per heavy atom. The van der Waals surface area contributed by atoms with E-state index in [0.717, 1.165) is 12.1 Å². The van der Waals surface area contributed by atoms with Crippen LogP contribution in [0.15, 0.2) is 51.5 Å². The van der Waals surface area contributed by atoms with Crippen molar-refractivity contribution >= 4 is 21.4 Å². The molecule has 4 rings (SSSR count). The van der Waals surface area contributed by atoms with E-state index in [9.17, 15) is 17.6 Å². The molecule has 0 bridgehead atoms. The van der Waals surface area contributed by atoms with Crippen molar-refractivity contribution in [2.75, 3.05) is 26.2 Å². The molecule has 0 amide bonds. The molecule has 1 fully saturated rings. The standard InChI is InChI=1S/C17H19FN6O3S2/c18-14-4-6-15(7-5-14)29(26,27)22-9-2-8-21(10-11-22)13-23-17(25)24(20-19-23)16-3-1-12-28-16/h1,3-7,12H,2,8-11,13H2. The summed E-state index contributed by atoms with van der Waals surface area (Å²) in [5.74, 6) is -0.480. The first-order chi connectivity index (χ1) is 13.9. The van der Waals surface area contributed by atoms with Crippen LogP contribution in [-0.2, 0) is 16.7 Å². The van der Waals surface area contributed by atoms with Crippen molar-refractivity contribution in [3.05, 3.63) is 58.1 Å². The largest absolute Gasteiger partial charge is 0.370 e. The topological polar surface area (TPSA) is 93.3 Å². The van der Waals surface area contributed by atoms with Gasteiger partial charge in [0.05, 0.1) is 4.90 Å². The first-order valence-corrected chi connectivity index (χ1v) is 11.3. The van der Waals surface area contributed by atoms with Gasteiger partial charge in [0.15, 0.2) is 0 Å². The van der Waals surface area contributed by atoms with Gasteiger partial charge in [0.25, 0.3) is 0 Å². The van der Waals surface area contributed by atoms with Gasteiger partial charge >= 0.3 is 5.69 Å². The first-order valence-electron chi connectivity index (χ1n) is 9.00. The number of sulfonamides is 1. The molecule has 3 heterocycles. The molecule has 154 valence electrons. The van der Waals surface area contributed by atoms with Gasteiger partial charge in [-0.3, -0.25) is 4.90 Å². The average molecular weight is 439 g/mol. The molecule has 0 spiro atoms. The maximum absolute atomic E-state index is 13.1. The van der Waals surface area contributed by atoms with Gasteiger partial charge in [0.2, 0.25) is 10.0 Å². The van der Waals surface area contributed by atoms with Gasteiger partial charge in [-0.15, -0.1) is 11.3 Å². The Kier molecular flexibility index (Phi) is 5.58. The fraction of sp³-hybridized carbons (Fsp3) is 0.353. The fourth-order valence-corrected chi connectivity index (χ4v) is 5.30. The quantitative estimate of drug-likeness (QED) is 0.590. The van der Waals surface area contributed by atoms with E-state index in [-0.39, 0.29) is 23.8 Å². The summed E-state index contributed by atoms with van der Waals surface area (Å²) in [4.78, 5) is 14.5. The number of nitrogens with zero attached hydrogens (tertiary/aromatic N) is 6. The molecule has 3 aromatic rings. The second-order valence-corrected chi connectivity index (χ2v) is 9.46. The van der Waals surface area contributed by atoms with E-state index in [1.54, 1.807) is 6.07 Å². The summed E-state index contributed by atoms with van der Waals surface area (Å²) in [6, 6.07) is 8.44. The summed E-state index contributed by atoms with van der Waals surface area (Å²) >= 11 is 1.39. The normalized spacial score (nSPS) is 16.7. The summed E-state index contributed by atoms with van der Waals surface area (Å²) < 4.78 is 42.6. The molecule has 1 aromatic carbocycles. The number of benzene rings is 1. The van der Waals surface area contributed by atoms with Crippen LogP contribution in [-0.4, -0.2) is 63.6 Å². The number of hydrogen-bond acceptors (Lipinski definition) is 7. The molecule has 0 saturated carbocycles. The fourth-order valence-electron chi connectivity index (χ4n) is 3.17. The van der Waals surface area contributed by atoms with Gasteiger partial charge in [0, 0.05) is 26.2 Å². The van der Waals surface area contributed by atoms with Crippen molar-refractivity contribution in [3.8, 4) is 5.00 Å². The molecular formula is C17H19FN6O3S2. The minimum Gasteiger partial charge on any atom is -0.283 e. The second-order valence-electron chi connectivity index (χ2n) is 6.60. The maximum Gasteiger partial charge on any atom is 0.370 e. The van der Waals surface area contributed by atoms with Crippen LogP contribution < -0.4 is 5.69 Å². The van der Waals surface area contributed by atoms with Crippen LogP contribution in [0.25, 0.3) is 5.00 Å². The lowest BCUT2D eigenvalue weighted by Crippen LogP contribution is -2.37. The highest BCUT2D eigenvalue weighted by Gasteiger charge is 2.27. The van der Waals surface area contributed by atoms with Crippen LogP contribution in [0.3, 0.4) is 0 Å².